The van der Waals surface area contributed by atoms with Crippen LogP contribution in [0.2, 0.25) is 0 Å². The third-order valence-electron chi connectivity index (χ3n) is 5.49. The van der Waals surface area contributed by atoms with Gasteiger partial charge >= 0.3 is 24.2 Å². The van der Waals surface area contributed by atoms with Crippen LogP contribution in [0.5, 0.6) is 0 Å². The molecule has 0 spiro atoms. The van der Waals surface area contributed by atoms with Crippen LogP contribution in [0.4, 0.5) is 18.0 Å². The fraction of sp³-hybridized carbons (Fsp3) is 0.500. The lowest BCUT2D eigenvalue weighted by molar-refractivity contribution is -0.457. The summed E-state index contributed by atoms with van der Waals surface area (Å²) >= 11 is 0. The molecule has 234 valence electrons. The van der Waals surface area contributed by atoms with Crippen molar-refractivity contribution >= 4 is 35.8 Å². The molecule has 0 aromatic heterocycles. The summed E-state index contributed by atoms with van der Waals surface area (Å²) in [5.41, 5.74) is 11.3. The molecule has 42 heavy (non-hydrogen) atoms. The summed E-state index contributed by atoms with van der Waals surface area (Å²) in [4.78, 5) is 59.3. The second kappa shape index (κ2) is 17.3. The number of carboxylic acids is 2. The SMILES string of the molecule is C[C@H](NC(=O)CC[NH+]=C(N)N)[C@@H]1CC[C@H](C(=O)NC[C@H](NC(=O)OCc2ccccc2)C(=O)O)O1.O=C([O-])C(F)(F)F. The topological polar surface area (TPSA) is 249 Å². The number of amides is 3. The van der Waals surface area contributed by atoms with Gasteiger partial charge in [-0.1, -0.05) is 30.3 Å². The van der Waals surface area contributed by atoms with E-state index in [4.69, 9.17) is 30.8 Å². The molecule has 9 N–H and O–H groups in total. The van der Waals surface area contributed by atoms with Crippen LogP contribution in [-0.2, 0) is 35.3 Å². The molecule has 1 saturated heterocycles. The first-order valence-electron chi connectivity index (χ1n) is 12.4. The van der Waals surface area contributed by atoms with Crippen molar-refractivity contribution in [2.45, 2.75) is 63.3 Å². The van der Waals surface area contributed by atoms with Gasteiger partial charge in [-0.05, 0) is 25.3 Å². The van der Waals surface area contributed by atoms with Crippen molar-refractivity contribution in [1.29, 1.82) is 0 Å². The van der Waals surface area contributed by atoms with Gasteiger partial charge in [0.2, 0.25) is 11.8 Å². The molecule has 4 atom stereocenters. The van der Waals surface area contributed by atoms with Crippen molar-refractivity contribution in [3.05, 3.63) is 35.9 Å². The van der Waals surface area contributed by atoms with Crippen molar-refractivity contribution in [3.63, 3.8) is 0 Å². The fourth-order valence-corrected chi connectivity index (χ4v) is 3.39. The molecule has 1 aromatic carbocycles. The third kappa shape index (κ3) is 14.1. The third-order valence-corrected chi connectivity index (χ3v) is 5.49. The van der Waals surface area contributed by atoms with Crippen molar-refractivity contribution in [3.8, 4) is 0 Å². The highest BCUT2D eigenvalue weighted by Gasteiger charge is 2.35. The Balaban J connectivity index is 0.00000112. The van der Waals surface area contributed by atoms with Crippen molar-refractivity contribution in [2.24, 2.45) is 11.5 Å². The Labute approximate surface area is 237 Å². The van der Waals surface area contributed by atoms with E-state index in [9.17, 15) is 37.5 Å². The van der Waals surface area contributed by atoms with Gasteiger partial charge in [-0.25, -0.2) is 9.59 Å². The zero-order valence-electron chi connectivity index (χ0n) is 22.4. The van der Waals surface area contributed by atoms with Gasteiger partial charge in [0.1, 0.15) is 24.7 Å². The Bertz CT molecular complexity index is 1100. The Morgan fingerprint density at radius 2 is 1.76 bits per heavy atom. The highest BCUT2D eigenvalue weighted by Crippen LogP contribution is 2.22. The fourth-order valence-electron chi connectivity index (χ4n) is 3.39. The number of nitrogens with two attached hydrogens (primary N) is 2. The lowest BCUT2D eigenvalue weighted by Crippen LogP contribution is -2.78. The monoisotopic (exact) mass is 606 g/mol. The van der Waals surface area contributed by atoms with E-state index in [0.29, 0.717) is 12.8 Å². The molecule has 18 heteroatoms. The first-order valence-corrected chi connectivity index (χ1v) is 12.4. The van der Waals surface area contributed by atoms with Gasteiger partial charge in [-0.2, -0.15) is 13.2 Å². The molecule has 15 nitrogen and oxygen atoms in total. The Morgan fingerprint density at radius 1 is 1.14 bits per heavy atom. The minimum atomic E-state index is -5.19. The van der Waals surface area contributed by atoms with Crippen LogP contribution in [0, 0.1) is 0 Å². The highest BCUT2D eigenvalue weighted by atomic mass is 19.4. The zero-order chi connectivity index (χ0) is 31.9. The lowest BCUT2D eigenvalue weighted by Gasteiger charge is -2.21. The highest BCUT2D eigenvalue weighted by molar-refractivity contribution is 5.84. The number of carboxylic acid groups (broad SMARTS) is 2. The number of alkyl carbamates (subject to hydrolysis) is 1. The Hall–Kier alpha value is -4.61. The van der Waals surface area contributed by atoms with E-state index in [1.165, 1.54) is 0 Å². The second-order valence-electron chi connectivity index (χ2n) is 8.86. The number of alkyl halides is 3. The number of aliphatic carboxylic acids is 2. The van der Waals surface area contributed by atoms with E-state index in [-0.39, 0.29) is 50.1 Å². The maximum Gasteiger partial charge on any atom is 0.430 e. The van der Waals surface area contributed by atoms with E-state index in [0.717, 1.165) is 5.56 Å². The molecule has 0 radical (unpaired) electrons. The molecule has 1 aromatic rings. The smallest absolute Gasteiger partial charge is 0.430 e. The average molecular weight is 607 g/mol. The minimum absolute atomic E-state index is 0.0204. The number of nitrogens with one attached hydrogen (secondary N) is 4. The quantitative estimate of drug-likeness (QED) is 0.0911. The average Bonchev–Trinajstić information content (AvgIpc) is 3.40. The molecule has 0 saturated carbocycles. The standard InChI is InChI=1S/C22H32N6O7.C2HF3O2/c1-13(27-18(29)9-10-25-21(23)24)16-7-8-17(35-16)19(30)26-11-15(20(31)32)28-22(33)34-12-14-5-3-2-4-6-14;3-2(4,5)1(6)7/h2-6,13,15-17H,7-12H2,1H3,(H,26,30)(H,27,29)(H,28,33)(H,31,32)(H4,23,24,25);(H,6,7)/t13-,15-,16-,17+;/m0./s1. The number of ether oxygens (including phenoxy) is 2. The maximum atomic E-state index is 12.5. The number of benzene rings is 1. The van der Waals surface area contributed by atoms with E-state index in [1.54, 1.807) is 31.2 Å². The molecular weight excluding hydrogens is 573 g/mol. The molecule has 0 aliphatic carbocycles. The summed E-state index contributed by atoms with van der Waals surface area (Å²) in [5.74, 6) is -5.03. The maximum absolute atomic E-state index is 12.5. The van der Waals surface area contributed by atoms with Crippen LogP contribution in [0.15, 0.2) is 30.3 Å². The van der Waals surface area contributed by atoms with E-state index in [2.05, 4.69) is 20.9 Å². The number of rotatable bonds is 12. The zero-order valence-corrected chi connectivity index (χ0v) is 22.4. The van der Waals surface area contributed by atoms with Crippen LogP contribution >= 0.6 is 0 Å². The van der Waals surface area contributed by atoms with E-state index >= 15 is 0 Å². The summed E-state index contributed by atoms with van der Waals surface area (Å²) in [6, 6.07) is 7.19. The number of carbonyl (C=O) groups excluding carboxylic acids is 4. The largest absolute Gasteiger partial charge is 0.542 e. The molecule has 1 aliphatic rings. The molecule has 1 aliphatic heterocycles. The minimum Gasteiger partial charge on any atom is -0.542 e. The predicted octanol–water partition coefficient (Wildman–Crippen LogP) is -3.42. The summed E-state index contributed by atoms with van der Waals surface area (Å²) in [6.45, 7) is 1.69. The molecule has 1 heterocycles. The summed E-state index contributed by atoms with van der Waals surface area (Å²) < 4.78 is 42.3. The first-order chi connectivity index (χ1) is 19.6. The van der Waals surface area contributed by atoms with Crippen molar-refractivity contribution in [1.82, 2.24) is 16.0 Å². The number of hydrogen-bond donors (Lipinski definition) is 7. The molecule has 2 rings (SSSR count). The van der Waals surface area contributed by atoms with Gasteiger partial charge in [0.05, 0.1) is 25.1 Å². The van der Waals surface area contributed by atoms with Crippen LogP contribution in [-0.4, -0.2) is 84.5 Å². The molecule has 3 amide bonds. The van der Waals surface area contributed by atoms with Gasteiger partial charge in [0.15, 0.2) is 0 Å². The van der Waals surface area contributed by atoms with Crippen LogP contribution in [0.1, 0.15) is 31.7 Å². The molecule has 0 bridgehead atoms. The van der Waals surface area contributed by atoms with Crippen molar-refractivity contribution in [2.75, 3.05) is 13.1 Å². The number of guanidine groups is 1. The Kier molecular flexibility index (Phi) is 14.6. The van der Waals surface area contributed by atoms with Crippen LogP contribution < -0.4 is 37.5 Å². The van der Waals surface area contributed by atoms with Crippen molar-refractivity contribution < 1.29 is 61.8 Å². The van der Waals surface area contributed by atoms with Gasteiger partial charge in [0.25, 0.3) is 0 Å². The van der Waals surface area contributed by atoms with Crippen LogP contribution in [0.25, 0.3) is 0 Å². The number of hydrogen-bond acceptors (Lipinski definition) is 8. The van der Waals surface area contributed by atoms with Crippen LogP contribution in [0.3, 0.4) is 0 Å². The van der Waals surface area contributed by atoms with Gasteiger partial charge < -0.3 is 40.4 Å². The number of halogens is 3. The van der Waals surface area contributed by atoms with Gasteiger partial charge in [-0.3, -0.25) is 26.0 Å². The second-order valence-corrected chi connectivity index (χ2v) is 8.86. The summed E-state index contributed by atoms with van der Waals surface area (Å²) in [6.07, 6.45) is -6.19. The number of carbonyl (C=O) groups is 5. The summed E-state index contributed by atoms with van der Waals surface area (Å²) in [5, 5.41) is 25.7. The molecular formula is C24H33F3N6O9. The molecule has 1 fully saturated rings. The van der Waals surface area contributed by atoms with Gasteiger partial charge in [-0.15, -0.1) is 0 Å². The first kappa shape index (κ1) is 35.4. The summed E-state index contributed by atoms with van der Waals surface area (Å²) in [7, 11) is 0. The predicted molar refractivity (Wildman–Crippen MR) is 135 cm³/mol. The van der Waals surface area contributed by atoms with E-state index in [1.807, 2.05) is 6.07 Å². The Morgan fingerprint density at radius 3 is 2.31 bits per heavy atom. The van der Waals surface area contributed by atoms with E-state index < -0.39 is 42.3 Å². The lowest BCUT2D eigenvalue weighted by atomic mass is 10.1. The van der Waals surface area contributed by atoms with Gasteiger partial charge in [0, 0.05) is 6.54 Å². The molecule has 0 unspecified atom stereocenters. The normalized spacial score (nSPS) is 17.3.